The molecule has 0 atom stereocenters. The molecule has 1 rings (SSSR count). The Morgan fingerprint density at radius 2 is 2.06 bits per heavy atom. The second-order valence-corrected chi connectivity index (χ2v) is 4.34. The van der Waals surface area contributed by atoms with E-state index in [-0.39, 0.29) is 6.42 Å². The molecule has 100 valence electrons. The van der Waals surface area contributed by atoms with Gasteiger partial charge in [-0.15, -0.1) is 0 Å². The highest BCUT2D eigenvalue weighted by atomic mass is 16.5. The first-order valence-electron chi connectivity index (χ1n) is 6.11. The first-order chi connectivity index (χ1) is 8.63. The number of aliphatic carboxylic acids is 1. The lowest BCUT2D eigenvalue weighted by atomic mass is 10.1. The highest BCUT2D eigenvalue weighted by Gasteiger charge is 2.09. The normalized spacial score (nSPS) is 10.8. The molecule has 1 N–H and O–H groups in total. The molecule has 18 heavy (non-hydrogen) atoms. The highest BCUT2D eigenvalue weighted by Crippen LogP contribution is 2.10. The van der Waals surface area contributed by atoms with Gasteiger partial charge in [0.05, 0.1) is 13.0 Å². The first kappa shape index (κ1) is 14.7. The Hall–Kier alpha value is -1.39. The Morgan fingerprint density at radius 1 is 1.33 bits per heavy atom. The van der Waals surface area contributed by atoms with Crippen LogP contribution in [0.1, 0.15) is 17.5 Å². The molecule has 0 saturated heterocycles. The second kappa shape index (κ2) is 7.84. The molecule has 0 bridgehead atoms. The van der Waals surface area contributed by atoms with E-state index in [4.69, 9.17) is 9.84 Å². The largest absolute Gasteiger partial charge is 0.481 e. The summed E-state index contributed by atoms with van der Waals surface area (Å²) in [5, 5.41) is 8.75. The maximum atomic E-state index is 10.6. The number of nitrogens with zero attached hydrogens (tertiary/aromatic N) is 1. The molecule has 0 unspecified atom stereocenters. The van der Waals surface area contributed by atoms with E-state index in [0.717, 1.165) is 13.1 Å². The van der Waals surface area contributed by atoms with Crippen molar-refractivity contribution in [3.05, 3.63) is 35.4 Å². The van der Waals surface area contributed by atoms with Crippen molar-refractivity contribution >= 4 is 5.97 Å². The predicted octanol–water partition coefficient (Wildman–Crippen LogP) is 1.92. The van der Waals surface area contributed by atoms with Crippen molar-refractivity contribution in [3.63, 3.8) is 0 Å². The van der Waals surface area contributed by atoms with Crippen LogP contribution in [0.5, 0.6) is 0 Å². The zero-order chi connectivity index (χ0) is 13.4. The van der Waals surface area contributed by atoms with Crippen LogP contribution in [0.2, 0.25) is 0 Å². The molecule has 0 aliphatic rings. The number of carboxylic acid groups (broad SMARTS) is 1. The highest BCUT2D eigenvalue weighted by molar-refractivity contribution is 5.66. The van der Waals surface area contributed by atoms with Gasteiger partial charge in [0.15, 0.2) is 0 Å². The Labute approximate surface area is 108 Å². The smallest absolute Gasteiger partial charge is 0.304 e. The summed E-state index contributed by atoms with van der Waals surface area (Å²) in [4.78, 5) is 12.8. The number of benzene rings is 1. The van der Waals surface area contributed by atoms with E-state index < -0.39 is 5.97 Å². The predicted molar refractivity (Wildman–Crippen MR) is 70.6 cm³/mol. The summed E-state index contributed by atoms with van der Waals surface area (Å²) in [7, 11) is 1.66. The second-order valence-electron chi connectivity index (χ2n) is 4.34. The Bertz CT molecular complexity index is 379. The van der Waals surface area contributed by atoms with Gasteiger partial charge in [0, 0.05) is 26.7 Å². The van der Waals surface area contributed by atoms with Crippen LogP contribution in [0, 0.1) is 6.92 Å². The number of hydrogen-bond acceptors (Lipinski definition) is 3. The van der Waals surface area contributed by atoms with Crippen LogP contribution in [0.25, 0.3) is 0 Å². The number of carboxylic acids is 1. The van der Waals surface area contributed by atoms with Crippen molar-refractivity contribution in [1.29, 1.82) is 0 Å². The molecule has 0 heterocycles. The van der Waals surface area contributed by atoms with Crippen molar-refractivity contribution in [3.8, 4) is 0 Å². The molecule has 0 aliphatic carbocycles. The fourth-order valence-corrected chi connectivity index (χ4v) is 1.77. The maximum absolute atomic E-state index is 10.6. The van der Waals surface area contributed by atoms with Crippen LogP contribution in [-0.2, 0) is 16.1 Å². The summed E-state index contributed by atoms with van der Waals surface area (Å²) in [6, 6.07) is 8.17. The minimum absolute atomic E-state index is 0.162. The molecule has 4 nitrogen and oxygen atoms in total. The molecular formula is C14H21NO3. The summed E-state index contributed by atoms with van der Waals surface area (Å²) >= 11 is 0. The number of rotatable bonds is 8. The van der Waals surface area contributed by atoms with Crippen molar-refractivity contribution in [2.45, 2.75) is 19.9 Å². The summed E-state index contributed by atoms with van der Waals surface area (Å²) in [6.45, 7) is 4.75. The molecule has 0 aromatic heterocycles. The van der Waals surface area contributed by atoms with E-state index >= 15 is 0 Å². The molecule has 1 aromatic carbocycles. The zero-order valence-electron chi connectivity index (χ0n) is 11.1. The Morgan fingerprint density at radius 3 is 2.67 bits per heavy atom. The van der Waals surface area contributed by atoms with Crippen LogP contribution < -0.4 is 0 Å². The first-order valence-corrected chi connectivity index (χ1v) is 6.11. The molecule has 0 aliphatic heterocycles. The molecule has 0 saturated carbocycles. The van der Waals surface area contributed by atoms with Crippen LogP contribution in [0.15, 0.2) is 24.3 Å². The van der Waals surface area contributed by atoms with Gasteiger partial charge in [-0.1, -0.05) is 24.3 Å². The van der Waals surface area contributed by atoms with Crippen LogP contribution in [0.3, 0.4) is 0 Å². The third-order valence-corrected chi connectivity index (χ3v) is 2.91. The zero-order valence-corrected chi connectivity index (χ0v) is 11.1. The van der Waals surface area contributed by atoms with Gasteiger partial charge in [0.2, 0.25) is 0 Å². The molecule has 4 heteroatoms. The Balaban J connectivity index is 2.59. The van der Waals surface area contributed by atoms with Gasteiger partial charge in [0.25, 0.3) is 0 Å². The maximum Gasteiger partial charge on any atom is 0.304 e. The van der Waals surface area contributed by atoms with E-state index in [1.54, 1.807) is 7.11 Å². The molecule has 0 spiro atoms. The lowest BCUT2D eigenvalue weighted by molar-refractivity contribution is -0.137. The third-order valence-electron chi connectivity index (χ3n) is 2.91. The van der Waals surface area contributed by atoms with Gasteiger partial charge in [-0.05, 0) is 18.1 Å². The van der Waals surface area contributed by atoms with E-state index in [2.05, 4.69) is 24.0 Å². The van der Waals surface area contributed by atoms with Crippen molar-refractivity contribution in [2.24, 2.45) is 0 Å². The van der Waals surface area contributed by atoms with Crippen LogP contribution in [-0.4, -0.2) is 42.8 Å². The van der Waals surface area contributed by atoms with Crippen molar-refractivity contribution in [1.82, 2.24) is 4.90 Å². The number of hydrogen-bond donors (Lipinski definition) is 1. The quantitative estimate of drug-likeness (QED) is 0.767. The average molecular weight is 251 g/mol. The number of aryl methyl sites for hydroxylation is 1. The summed E-state index contributed by atoms with van der Waals surface area (Å²) in [5.41, 5.74) is 2.47. The standard InChI is InChI=1S/C14H21NO3/c1-12-5-3-4-6-13(12)11-15(9-10-18-2)8-7-14(16)17/h3-6H,7-11H2,1-2H3,(H,16,17). The van der Waals surface area contributed by atoms with E-state index in [9.17, 15) is 4.79 Å². The van der Waals surface area contributed by atoms with Gasteiger partial charge < -0.3 is 9.84 Å². The van der Waals surface area contributed by atoms with Crippen LogP contribution in [0.4, 0.5) is 0 Å². The molecule has 0 fully saturated rings. The van der Waals surface area contributed by atoms with Gasteiger partial charge in [-0.25, -0.2) is 0 Å². The molecule has 1 aromatic rings. The lowest BCUT2D eigenvalue weighted by Gasteiger charge is -2.22. The molecule has 0 radical (unpaired) electrons. The van der Waals surface area contributed by atoms with Gasteiger partial charge in [0.1, 0.15) is 0 Å². The van der Waals surface area contributed by atoms with E-state index in [1.165, 1.54) is 11.1 Å². The monoisotopic (exact) mass is 251 g/mol. The Kier molecular flexibility index (Phi) is 6.39. The fourth-order valence-electron chi connectivity index (χ4n) is 1.77. The van der Waals surface area contributed by atoms with Crippen molar-refractivity contribution < 1.29 is 14.6 Å². The lowest BCUT2D eigenvalue weighted by Crippen LogP contribution is -2.29. The third kappa shape index (κ3) is 5.29. The fraction of sp³-hybridized carbons (Fsp3) is 0.500. The van der Waals surface area contributed by atoms with Crippen LogP contribution >= 0.6 is 0 Å². The minimum atomic E-state index is -0.762. The van der Waals surface area contributed by atoms with E-state index in [0.29, 0.717) is 13.2 Å². The van der Waals surface area contributed by atoms with Crippen molar-refractivity contribution in [2.75, 3.05) is 26.8 Å². The molecular weight excluding hydrogens is 230 g/mol. The van der Waals surface area contributed by atoms with Gasteiger partial charge in [-0.2, -0.15) is 0 Å². The molecule has 0 amide bonds. The number of ether oxygens (including phenoxy) is 1. The number of methoxy groups -OCH3 is 1. The van der Waals surface area contributed by atoms with Gasteiger partial charge in [-0.3, -0.25) is 9.69 Å². The summed E-state index contributed by atoms with van der Waals surface area (Å²) < 4.78 is 5.06. The summed E-state index contributed by atoms with van der Waals surface area (Å²) in [5.74, 6) is -0.762. The summed E-state index contributed by atoms with van der Waals surface area (Å²) in [6.07, 6.45) is 0.162. The minimum Gasteiger partial charge on any atom is -0.481 e. The average Bonchev–Trinajstić information content (AvgIpc) is 2.35. The topological polar surface area (TPSA) is 49.8 Å². The van der Waals surface area contributed by atoms with Gasteiger partial charge >= 0.3 is 5.97 Å². The van der Waals surface area contributed by atoms with E-state index in [1.807, 2.05) is 12.1 Å². The number of carbonyl (C=O) groups is 1. The SMILES string of the molecule is COCCN(CCC(=O)O)Cc1ccccc1C.